The van der Waals surface area contributed by atoms with E-state index in [1.807, 2.05) is 78.7 Å². The van der Waals surface area contributed by atoms with Crippen LogP contribution in [0.4, 0.5) is 11.5 Å². The van der Waals surface area contributed by atoms with Crippen LogP contribution in [0.25, 0.3) is 11.4 Å². The smallest absolute Gasteiger partial charge is 0.270 e. The number of carbonyl (C=O) groups is 1. The van der Waals surface area contributed by atoms with Crippen molar-refractivity contribution in [1.82, 2.24) is 15.3 Å². The average molecular weight is 384 g/mol. The van der Waals surface area contributed by atoms with Gasteiger partial charge in [0, 0.05) is 24.4 Å². The van der Waals surface area contributed by atoms with E-state index in [-0.39, 0.29) is 5.91 Å². The Hall–Kier alpha value is -3.93. The van der Waals surface area contributed by atoms with Crippen molar-refractivity contribution in [2.45, 2.75) is 6.54 Å². The van der Waals surface area contributed by atoms with Crippen LogP contribution in [-0.4, -0.2) is 22.9 Å². The number of furan rings is 1. The predicted octanol–water partition coefficient (Wildman–Crippen LogP) is 4.43. The van der Waals surface area contributed by atoms with E-state index < -0.39 is 0 Å². The van der Waals surface area contributed by atoms with Crippen LogP contribution in [0, 0.1) is 0 Å². The van der Waals surface area contributed by atoms with Gasteiger partial charge in [0.05, 0.1) is 12.8 Å². The predicted molar refractivity (Wildman–Crippen MR) is 112 cm³/mol. The SMILES string of the molecule is CN(c1ccccc1)c1cc(C(=O)NCc2ccco2)nc(-c2ccccc2)n1. The molecule has 0 saturated heterocycles. The Labute approximate surface area is 168 Å². The van der Waals surface area contributed by atoms with Crippen LogP contribution in [0.15, 0.2) is 89.5 Å². The molecule has 4 rings (SSSR count). The summed E-state index contributed by atoms with van der Waals surface area (Å²) in [4.78, 5) is 23.9. The normalized spacial score (nSPS) is 10.5. The average Bonchev–Trinajstić information content (AvgIpc) is 3.31. The van der Waals surface area contributed by atoms with Gasteiger partial charge in [0.1, 0.15) is 17.3 Å². The molecule has 2 aromatic heterocycles. The van der Waals surface area contributed by atoms with E-state index in [4.69, 9.17) is 4.42 Å². The third-order valence-corrected chi connectivity index (χ3v) is 4.47. The maximum Gasteiger partial charge on any atom is 0.270 e. The van der Waals surface area contributed by atoms with Gasteiger partial charge in [-0.1, -0.05) is 48.5 Å². The van der Waals surface area contributed by atoms with E-state index >= 15 is 0 Å². The molecule has 2 aromatic carbocycles. The number of rotatable bonds is 6. The summed E-state index contributed by atoms with van der Waals surface area (Å²) >= 11 is 0. The van der Waals surface area contributed by atoms with Crippen molar-refractivity contribution < 1.29 is 9.21 Å². The minimum atomic E-state index is -0.288. The van der Waals surface area contributed by atoms with Crippen molar-refractivity contribution in [3.05, 3.63) is 96.6 Å². The Balaban J connectivity index is 1.69. The molecule has 0 aliphatic carbocycles. The lowest BCUT2D eigenvalue weighted by atomic mass is 10.2. The molecule has 0 spiro atoms. The highest BCUT2D eigenvalue weighted by molar-refractivity contribution is 5.93. The number of nitrogens with zero attached hydrogens (tertiary/aromatic N) is 3. The fraction of sp³-hybridized carbons (Fsp3) is 0.0870. The van der Waals surface area contributed by atoms with Crippen molar-refractivity contribution in [1.29, 1.82) is 0 Å². The van der Waals surface area contributed by atoms with Gasteiger partial charge in [-0.15, -0.1) is 0 Å². The largest absolute Gasteiger partial charge is 0.467 e. The van der Waals surface area contributed by atoms with Crippen LogP contribution in [-0.2, 0) is 6.54 Å². The van der Waals surface area contributed by atoms with Crippen LogP contribution in [0.3, 0.4) is 0 Å². The molecule has 0 atom stereocenters. The summed E-state index contributed by atoms with van der Waals surface area (Å²) in [6.07, 6.45) is 1.58. The highest BCUT2D eigenvalue weighted by Crippen LogP contribution is 2.25. The first-order valence-electron chi connectivity index (χ1n) is 9.24. The molecule has 0 radical (unpaired) electrons. The van der Waals surface area contributed by atoms with Gasteiger partial charge in [-0.25, -0.2) is 9.97 Å². The molecular formula is C23H20N4O2. The topological polar surface area (TPSA) is 71.3 Å². The number of benzene rings is 2. The third-order valence-electron chi connectivity index (χ3n) is 4.47. The van der Waals surface area contributed by atoms with E-state index in [0.717, 1.165) is 11.3 Å². The molecule has 0 saturated carbocycles. The van der Waals surface area contributed by atoms with Gasteiger partial charge < -0.3 is 14.6 Å². The molecule has 144 valence electrons. The lowest BCUT2D eigenvalue weighted by molar-refractivity contribution is 0.0943. The summed E-state index contributed by atoms with van der Waals surface area (Å²) < 4.78 is 5.28. The van der Waals surface area contributed by atoms with Gasteiger partial charge in [-0.3, -0.25) is 4.79 Å². The zero-order valence-electron chi connectivity index (χ0n) is 15.9. The molecule has 4 aromatic rings. The molecule has 0 aliphatic heterocycles. The van der Waals surface area contributed by atoms with Crippen molar-refractivity contribution in [2.75, 3.05) is 11.9 Å². The Kier molecular flexibility index (Phi) is 5.33. The Morgan fingerprint density at radius 1 is 0.966 bits per heavy atom. The first-order chi connectivity index (χ1) is 14.2. The molecular weight excluding hydrogens is 364 g/mol. The number of hydrogen-bond acceptors (Lipinski definition) is 5. The van der Waals surface area contributed by atoms with Gasteiger partial charge in [0.25, 0.3) is 5.91 Å². The lowest BCUT2D eigenvalue weighted by Crippen LogP contribution is -2.24. The molecule has 1 amide bonds. The van der Waals surface area contributed by atoms with Crippen molar-refractivity contribution in [2.24, 2.45) is 0 Å². The van der Waals surface area contributed by atoms with E-state index in [1.54, 1.807) is 18.4 Å². The molecule has 1 N–H and O–H groups in total. The van der Waals surface area contributed by atoms with Crippen LogP contribution >= 0.6 is 0 Å². The summed E-state index contributed by atoms with van der Waals surface area (Å²) in [7, 11) is 1.91. The Morgan fingerprint density at radius 3 is 2.38 bits per heavy atom. The van der Waals surface area contributed by atoms with Gasteiger partial charge in [-0.05, 0) is 24.3 Å². The number of aromatic nitrogens is 2. The molecule has 0 unspecified atom stereocenters. The minimum absolute atomic E-state index is 0.288. The second-order valence-electron chi connectivity index (χ2n) is 6.46. The minimum Gasteiger partial charge on any atom is -0.467 e. The number of amides is 1. The first kappa shape index (κ1) is 18.4. The number of nitrogens with one attached hydrogen (secondary N) is 1. The summed E-state index contributed by atoms with van der Waals surface area (Å²) in [5, 5.41) is 2.84. The number of carbonyl (C=O) groups excluding carboxylic acids is 1. The zero-order valence-corrected chi connectivity index (χ0v) is 15.9. The molecule has 6 nitrogen and oxygen atoms in total. The Morgan fingerprint density at radius 2 is 1.69 bits per heavy atom. The van der Waals surface area contributed by atoms with Crippen molar-refractivity contribution >= 4 is 17.4 Å². The van der Waals surface area contributed by atoms with Crippen molar-refractivity contribution in [3.8, 4) is 11.4 Å². The number of hydrogen-bond donors (Lipinski definition) is 1. The van der Waals surface area contributed by atoms with Gasteiger partial charge >= 0.3 is 0 Å². The van der Waals surface area contributed by atoms with Gasteiger partial charge in [0.2, 0.25) is 0 Å². The highest BCUT2D eigenvalue weighted by Gasteiger charge is 2.16. The molecule has 0 aliphatic rings. The quantitative estimate of drug-likeness (QED) is 0.532. The molecule has 2 heterocycles. The first-order valence-corrected chi connectivity index (χ1v) is 9.24. The Bertz CT molecular complexity index is 1080. The fourth-order valence-electron chi connectivity index (χ4n) is 2.89. The molecule has 29 heavy (non-hydrogen) atoms. The standard InChI is InChI=1S/C23H20N4O2/c1-27(18-11-6-3-7-12-18)21-15-20(23(28)24-16-19-13-8-14-29-19)25-22(26-21)17-9-4-2-5-10-17/h2-15H,16H2,1H3,(H,24,28). The summed E-state index contributed by atoms with van der Waals surface area (Å²) in [6, 6.07) is 24.8. The van der Waals surface area contributed by atoms with E-state index in [0.29, 0.717) is 29.6 Å². The monoisotopic (exact) mass is 384 g/mol. The van der Waals surface area contributed by atoms with Crippen LogP contribution in [0.5, 0.6) is 0 Å². The van der Waals surface area contributed by atoms with E-state index in [9.17, 15) is 4.79 Å². The molecule has 0 bridgehead atoms. The summed E-state index contributed by atoms with van der Waals surface area (Å²) in [5.41, 5.74) is 2.10. The maximum atomic E-state index is 12.8. The second-order valence-corrected chi connectivity index (χ2v) is 6.46. The highest BCUT2D eigenvalue weighted by atomic mass is 16.3. The van der Waals surface area contributed by atoms with E-state index in [2.05, 4.69) is 15.3 Å². The second kappa shape index (κ2) is 8.39. The summed E-state index contributed by atoms with van der Waals surface area (Å²) in [6.45, 7) is 0.292. The number of anilines is 2. The lowest BCUT2D eigenvalue weighted by Gasteiger charge is -2.19. The van der Waals surface area contributed by atoms with Gasteiger partial charge in [0.15, 0.2) is 5.82 Å². The van der Waals surface area contributed by atoms with Crippen LogP contribution < -0.4 is 10.2 Å². The van der Waals surface area contributed by atoms with Crippen LogP contribution in [0.1, 0.15) is 16.2 Å². The van der Waals surface area contributed by atoms with E-state index in [1.165, 1.54) is 0 Å². The van der Waals surface area contributed by atoms with Crippen molar-refractivity contribution in [3.63, 3.8) is 0 Å². The molecule has 6 heteroatoms. The van der Waals surface area contributed by atoms with Gasteiger partial charge in [-0.2, -0.15) is 0 Å². The summed E-state index contributed by atoms with van der Waals surface area (Å²) in [5.74, 6) is 1.52. The molecule has 0 fully saturated rings. The number of para-hydroxylation sites is 1. The maximum absolute atomic E-state index is 12.8. The third kappa shape index (κ3) is 4.32. The zero-order chi connectivity index (χ0) is 20.1. The fourth-order valence-corrected chi connectivity index (χ4v) is 2.89. The van der Waals surface area contributed by atoms with Crippen LogP contribution in [0.2, 0.25) is 0 Å².